The molecule has 0 atom stereocenters. The fraction of sp³-hybridized carbons (Fsp3) is 0.150. The van der Waals surface area contributed by atoms with Crippen LogP contribution in [0.5, 0.6) is 0 Å². The van der Waals surface area contributed by atoms with E-state index in [0.29, 0.717) is 11.4 Å². The van der Waals surface area contributed by atoms with Crippen LogP contribution in [0.2, 0.25) is 0 Å². The van der Waals surface area contributed by atoms with Crippen molar-refractivity contribution in [1.82, 2.24) is 14.4 Å². The number of benzene rings is 1. The van der Waals surface area contributed by atoms with E-state index < -0.39 is 0 Å². The van der Waals surface area contributed by atoms with Crippen LogP contribution in [0.4, 0.5) is 5.69 Å². The van der Waals surface area contributed by atoms with Gasteiger partial charge in [0.1, 0.15) is 11.3 Å². The van der Waals surface area contributed by atoms with Gasteiger partial charge in [-0.3, -0.25) is 9.20 Å². The number of rotatable bonds is 3. The second-order valence-corrected chi connectivity index (χ2v) is 7.33. The Morgan fingerprint density at radius 2 is 1.96 bits per heavy atom. The fourth-order valence-electron chi connectivity index (χ4n) is 2.98. The molecule has 1 aromatic carbocycles. The molecule has 0 bridgehead atoms. The summed E-state index contributed by atoms with van der Waals surface area (Å²) in [5.41, 5.74) is 5.75. The number of aryl methyl sites for hydroxylation is 3. The van der Waals surface area contributed by atoms with Crippen LogP contribution in [0.3, 0.4) is 0 Å². The van der Waals surface area contributed by atoms with Gasteiger partial charge in [-0.1, -0.05) is 18.2 Å². The van der Waals surface area contributed by atoms with Crippen molar-refractivity contribution in [3.8, 4) is 11.3 Å². The Labute approximate surface area is 155 Å². The number of carbonyl (C=O) groups is 1. The van der Waals surface area contributed by atoms with E-state index in [1.165, 1.54) is 0 Å². The van der Waals surface area contributed by atoms with E-state index in [2.05, 4.69) is 15.3 Å². The van der Waals surface area contributed by atoms with Crippen LogP contribution >= 0.6 is 11.3 Å². The van der Waals surface area contributed by atoms with Crippen LogP contribution in [0.25, 0.3) is 16.9 Å². The van der Waals surface area contributed by atoms with Gasteiger partial charge in [-0.2, -0.15) is 0 Å². The molecule has 0 spiro atoms. The van der Waals surface area contributed by atoms with Crippen LogP contribution < -0.4 is 5.32 Å². The van der Waals surface area contributed by atoms with E-state index in [0.717, 1.165) is 33.2 Å². The molecular weight excluding hydrogens is 344 g/mol. The first-order valence-electron chi connectivity index (χ1n) is 8.30. The van der Waals surface area contributed by atoms with Crippen LogP contribution in [0.1, 0.15) is 26.8 Å². The molecule has 4 aromatic rings. The maximum atomic E-state index is 12.9. The maximum absolute atomic E-state index is 12.9. The molecule has 0 fully saturated rings. The van der Waals surface area contributed by atoms with Gasteiger partial charge in [-0.15, -0.1) is 11.3 Å². The first kappa shape index (κ1) is 16.5. The first-order valence-corrected chi connectivity index (χ1v) is 9.18. The van der Waals surface area contributed by atoms with E-state index in [-0.39, 0.29) is 5.91 Å². The molecule has 130 valence electrons. The number of thiazole rings is 1. The zero-order chi connectivity index (χ0) is 18.3. The molecule has 0 saturated heterocycles. The number of anilines is 1. The third-order valence-electron chi connectivity index (χ3n) is 4.19. The van der Waals surface area contributed by atoms with Crippen molar-refractivity contribution in [3.05, 3.63) is 69.9 Å². The SMILES string of the molecule is Cc1ccc2nc(C)c(C(=O)Nc3cccc(-c4csc(C)n4)c3)n2c1. The number of nitrogens with zero attached hydrogens (tertiary/aromatic N) is 3. The second-order valence-electron chi connectivity index (χ2n) is 6.27. The largest absolute Gasteiger partial charge is 0.321 e. The lowest BCUT2D eigenvalue weighted by Crippen LogP contribution is -2.15. The van der Waals surface area contributed by atoms with Crippen molar-refractivity contribution in [2.45, 2.75) is 20.8 Å². The lowest BCUT2D eigenvalue weighted by atomic mass is 10.1. The highest BCUT2D eigenvalue weighted by atomic mass is 32.1. The minimum Gasteiger partial charge on any atom is -0.321 e. The average molecular weight is 362 g/mol. The number of nitrogens with one attached hydrogen (secondary N) is 1. The summed E-state index contributed by atoms with van der Waals surface area (Å²) in [4.78, 5) is 21.9. The van der Waals surface area contributed by atoms with E-state index in [1.54, 1.807) is 11.3 Å². The number of imidazole rings is 1. The van der Waals surface area contributed by atoms with Crippen molar-refractivity contribution < 1.29 is 4.79 Å². The number of hydrogen-bond donors (Lipinski definition) is 1. The summed E-state index contributed by atoms with van der Waals surface area (Å²) in [6, 6.07) is 11.6. The molecule has 0 unspecified atom stereocenters. The van der Waals surface area contributed by atoms with Crippen LogP contribution in [0.15, 0.2) is 48.0 Å². The summed E-state index contributed by atoms with van der Waals surface area (Å²) in [6.07, 6.45) is 1.93. The average Bonchev–Trinajstić information content (AvgIpc) is 3.17. The maximum Gasteiger partial charge on any atom is 0.274 e. The van der Waals surface area contributed by atoms with Gasteiger partial charge in [0.15, 0.2) is 0 Å². The van der Waals surface area contributed by atoms with Crippen molar-refractivity contribution in [2.75, 3.05) is 5.32 Å². The van der Waals surface area contributed by atoms with Crippen molar-refractivity contribution >= 4 is 28.6 Å². The van der Waals surface area contributed by atoms with Gasteiger partial charge in [0.05, 0.1) is 16.4 Å². The smallest absolute Gasteiger partial charge is 0.274 e. The number of hydrogen-bond acceptors (Lipinski definition) is 4. The Hall–Kier alpha value is -2.99. The van der Waals surface area contributed by atoms with Gasteiger partial charge in [-0.25, -0.2) is 9.97 Å². The summed E-state index contributed by atoms with van der Waals surface area (Å²) < 4.78 is 1.84. The van der Waals surface area contributed by atoms with Crippen LogP contribution in [-0.4, -0.2) is 20.3 Å². The Bertz CT molecular complexity index is 1130. The molecule has 3 aromatic heterocycles. The van der Waals surface area contributed by atoms with Crippen molar-refractivity contribution in [3.63, 3.8) is 0 Å². The minimum atomic E-state index is -0.174. The van der Waals surface area contributed by atoms with Crippen molar-refractivity contribution in [2.24, 2.45) is 0 Å². The lowest BCUT2D eigenvalue weighted by Gasteiger charge is -2.08. The predicted octanol–water partition coefficient (Wildman–Crippen LogP) is 4.64. The molecule has 0 radical (unpaired) electrons. The molecule has 0 aliphatic rings. The van der Waals surface area contributed by atoms with Gasteiger partial charge in [0, 0.05) is 22.8 Å². The Morgan fingerprint density at radius 1 is 1.12 bits per heavy atom. The highest BCUT2D eigenvalue weighted by Gasteiger charge is 2.17. The zero-order valence-electron chi connectivity index (χ0n) is 14.8. The van der Waals surface area contributed by atoms with E-state index >= 15 is 0 Å². The molecule has 4 rings (SSSR count). The van der Waals surface area contributed by atoms with Gasteiger partial charge in [-0.05, 0) is 44.5 Å². The minimum absolute atomic E-state index is 0.174. The summed E-state index contributed by atoms with van der Waals surface area (Å²) in [5, 5.41) is 6.03. The molecular formula is C20H18N4OS. The molecule has 0 aliphatic heterocycles. The highest BCUT2D eigenvalue weighted by Crippen LogP contribution is 2.24. The zero-order valence-corrected chi connectivity index (χ0v) is 15.6. The molecule has 1 amide bonds. The Morgan fingerprint density at radius 3 is 2.73 bits per heavy atom. The number of aromatic nitrogens is 3. The summed E-state index contributed by atoms with van der Waals surface area (Å²) in [7, 11) is 0. The molecule has 0 aliphatic carbocycles. The number of amides is 1. The van der Waals surface area contributed by atoms with Gasteiger partial charge in [0.2, 0.25) is 0 Å². The predicted molar refractivity (Wildman–Crippen MR) is 105 cm³/mol. The summed E-state index contributed by atoms with van der Waals surface area (Å²) in [5.74, 6) is -0.174. The highest BCUT2D eigenvalue weighted by molar-refractivity contribution is 7.09. The number of fused-ring (bicyclic) bond motifs is 1. The Kier molecular flexibility index (Phi) is 4.05. The fourth-order valence-corrected chi connectivity index (χ4v) is 3.61. The normalized spacial score (nSPS) is 11.0. The monoisotopic (exact) mass is 362 g/mol. The lowest BCUT2D eigenvalue weighted by molar-refractivity contribution is 0.102. The van der Waals surface area contributed by atoms with Crippen LogP contribution in [-0.2, 0) is 0 Å². The topological polar surface area (TPSA) is 59.3 Å². The third kappa shape index (κ3) is 2.99. The molecule has 6 heteroatoms. The summed E-state index contributed by atoms with van der Waals surface area (Å²) >= 11 is 1.61. The second kappa shape index (κ2) is 6.38. The molecule has 1 N–H and O–H groups in total. The van der Waals surface area contributed by atoms with E-state index in [1.807, 2.05) is 73.1 Å². The van der Waals surface area contributed by atoms with Crippen molar-refractivity contribution in [1.29, 1.82) is 0 Å². The number of pyridine rings is 1. The summed E-state index contributed by atoms with van der Waals surface area (Å²) in [6.45, 7) is 5.83. The van der Waals surface area contributed by atoms with Gasteiger partial charge < -0.3 is 5.32 Å². The van der Waals surface area contributed by atoms with E-state index in [9.17, 15) is 4.79 Å². The van der Waals surface area contributed by atoms with E-state index in [4.69, 9.17) is 0 Å². The Balaban J connectivity index is 1.67. The molecule has 3 heterocycles. The van der Waals surface area contributed by atoms with Gasteiger partial charge in [0.25, 0.3) is 5.91 Å². The molecule has 26 heavy (non-hydrogen) atoms. The quantitative estimate of drug-likeness (QED) is 0.578. The third-order valence-corrected chi connectivity index (χ3v) is 4.96. The molecule has 5 nitrogen and oxygen atoms in total. The molecule has 0 saturated carbocycles. The number of carbonyl (C=O) groups excluding carboxylic acids is 1. The standard InChI is InChI=1S/C20H18N4OS/c1-12-7-8-18-21-13(2)19(24(18)10-12)20(25)23-16-6-4-5-15(9-16)17-11-26-14(3)22-17/h4-11H,1-3H3,(H,23,25). The van der Waals surface area contributed by atoms with Crippen LogP contribution in [0, 0.1) is 20.8 Å². The first-order chi connectivity index (χ1) is 12.5. The van der Waals surface area contributed by atoms with Gasteiger partial charge >= 0.3 is 0 Å².